The Balaban J connectivity index is 1.66. The number of nitrogens with one attached hydrogen (secondary N) is 1. The van der Waals surface area contributed by atoms with Gasteiger partial charge in [-0.1, -0.05) is 41.9 Å². The van der Waals surface area contributed by atoms with Crippen molar-refractivity contribution >= 4 is 11.6 Å². The second kappa shape index (κ2) is 6.83. The Kier molecular flexibility index (Phi) is 4.63. The van der Waals surface area contributed by atoms with E-state index in [9.17, 15) is 0 Å². The normalized spacial score (nSPS) is 13.8. The zero-order chi connectivity index (χ0) is 14.5. The Hall–Kier alpha value is -1.71. The molecule has 0 saturated heterocycles. The molecule has 3 rings (SSSR count). The van der Waals surface area contributed by atoms with Gasteiger partial charge < -0.3 is 14.8 Å². The molecule has 2 aromatic rings. The number of benzene rings is 2. The van der Waals surface area contributed by atoms with Gasteiger partial charge in [0.05, 0.1) is 18.2 Å². The topological polar surface area (TPSA) is 30.5 Å². The van der Waals surface area contributed by atoms with E-state index >= 15 is 0 Å². The highest BCUT2D eigenvalue weighted by atomic mass is 35.5. The first kappa shape index (κ1) is 14.2. The molecule has 0 unspecified atom stereocenters. The van der Waals surface area contributed by atoms with Gasteiger partial charge in [0.2, 0.25) is 0 Å². The second-order valence-corrected chi connectivity index (χ2v) is 5.45. The molecule has 0 amide bonds. The average molecular weight is 304 g/mol. The summed E-state index contributed by atoms with van der Waals surface area (Å²) in [6.45, 7) is 2.89. The van der Waals surface area contributed by atoms with E-state index < -0.39 is 0 Å². The second-order valence-electron chi connectivity index (χ2n) is 5.04. The van der Waals surface area contributed by atoms with E-state index in [4.69, 9.17) is 21.1 Å². The highest BCUT2D eigenvalue weighted by molar-refractivity contribution is 6.32. The first-order chi connectivity index (χ1) is 10.3. The largest absolute Gasteiger partial charge is 0.489 e. The summed E-state index contributed by atoms with van der Waals surface area (Å²) in [7, 11) is 0. The van der Waals surface area contributed by atoms with Crippen LogP contribution in [0.25, 0.3) is 0 Å². The predicted octanol–water partition coefficient (Wildman–Crippen LogP) is 3.79. The van der Waals surface area contributed by atoms with Gasteiger partial charge >= 0.3 is 0 Å². The van der Waals surface area contributed by atoms with Crippen molar-refractivity contribution in [3.8, 4) is 11.5 Å². The van der Waals surface area contributed by atoms with E-state index in [0.29, 0.717) is 24.0 Å². The summed E-state index contributed by atoms with van der Waals surface area (Å²) < 4.78 is 11.3. The molecule has 0 aromatic heterocycles. The molecule has 3 nitrogen and oxygen atoms in total. The van der Waals surface area contributed by atoms with E-state index in [-0.39, 0.29) is 0 Å². The summed E-state index contributed by atoms with van der Waals surface area (Å²) in [5.74, 6) is 1.41. The summed E-state index contributed by atoms with van der Waals surface area (Å²) in [6, 6.07) is 14.3. The smallest absolute Gasteiger partial charge is 0.179 e. The van der Waals surface area contributed by atoms with Gasteiger partial charge in [0.15, 0.2) is 11.5 Å². The van der Waals surface area contributed by atoms with Crippen LogP contribution >= 0.6 is 11.6 Å². The van der Waals surface area contributed by atoms with Crippen LogP contribution < -0.4 is 14.8 Å². The monoisotopic (exact) mass is 303 g/mol. The van der Waals surface area contributed by atoms with E-state index in [1.807, 2.05) is 30.3 Å². The predicted molar refractivity (Wildman–Crippen MR) is 84.0 cm³/mol. The zero-order valence-electron chi connectivity index (χ0n) is 11.8. The Morgan fingerprint density at radius 3 is 2.57 bits per heavy atom. The van der Waals surface area contributed by atoms with Crippen molar-refractivity contribution in [1.82, 2.24) is 5.32 Å². The molecule has 0 atom stereocenters. The van der Waals surface area contributed by atoms with Crippen LogP contribution in [0.15, 0.2) is 42.5 Å². The molecular weight excluding hydrogens is 286 g/mol. The number of fused-ring (bicyclic) bond motifs is 1. The Morgan fingerprint density at radius 2 is 1.71 bits per heavy atom. The Labute approximate surface area is 129 Å². The minimum atomic E-state index is 0.617. The first-order valence-electron chi connectivity index (χ1n) is 7.15. The van der Waals surface area contributed by atoms with Crippen LogP contribution in [0.3, 0.4) is 0 Å². The van der Waals surface area contributed by atoms with Crippen molar-refractivity contribution in [2.75, 3.05) is 13.2 Å². The minimum absolute atomic E-state index is 0.617. The lowest BCUT2D eigenvalue weighted by Gasteiger charge is -2.12. The van der Waals surface area contributed by atoms with Crippen LogP contribution in [-0.2, 0) is 13.1 Å². The van der Waals surface area contributed by atoms with Gasteiger partial charge in [-0.25, -0.2) is 0 Å². The van der Waals surface area contributed by atoms with Crippen LogP contribution in [0.1, 0.15) is 17.5 Å². The summed E-state index contributed by atoms with van der Waals surface area (Å²) in [5.41, 5.74) is 2.36. The first-order valence-corrected chi connectivity index (χ1v) is 7.53. The van der Waals surface area contributed by atoms with Crippen molar-refractivity contribution in [3.05, 3.63) is 58.6 Å². The van der Waals surface area contributed by atoms with Crippen molar-refractivity contribution in [1.29, 1.82) is 0 Å². The summed E-state index contributed by atoms with van der Waals surface area (Å²) in [5, 5.41) is 4.03. The van der Waals surface area contributed by atoms with Crippen LogP contribution in [0, 0.1) is 0 Å². The average Bonchev–Trinajstić information content (AvgIpc) is 2.74. The van der Waals surface area contributed by atoms with Gasteiger partial charge in [-0.3, -0.25) is 0 Å². The molecule has 0 saturated carbocycles. The fourth-order valence-corrected chi connectivity index (χ4v) is 2.62. The van der Waals surface area contributed by atoms with Gasteiger partial charge in [0, 0.05) is 19.5 Å². The number of ether oxygens (including phenoxy) is 2. The fraction of sp³-hybridized carbons (Fsp3) is 0.294. The molecule has 110 valence electrons. The lowest BCUT2D eigenvalue weighted by molar-refractivity contribution is 0.297. The van der Waals surface area contributed by atoms with Crippen molar-refractivity contribution < 1.29 is 9.47 Å². The molecule has 2 aromatic carbocycles. The van der Waals surface area contributed by atoms with Gasteiger partial charge in [-0.15, -0.1) is 0 Å². The quantitative estimate of drug-likeness (QED) is 0.932. The highest BCUT2D eigenvalue weighted by Gasteiger charge is 2.15. The standard InChI is InChI=1S/C17H18ClNO2/c18-15-9-14(10-16-17(15)21-8-4-7-20-16)12-19-11-13-5-2-1-3-6-13/h1-3,5-6,9-10,19H,4,7-8,11-12H2. The maximum Gasteiger partial charge on any atom is 0.179 e. The van der Waals surface area contributed by atoms with Crippen molar-refractivity contribution in [2.24, 2.45) is 0 Å². The molecule has 21 heavy (non-hydrogen) atoms. The number of halogens is 1. The summed E-state index contributed by atoms with van der Waals surface area (Å²) >= 11 is 6.28. The van der Waals surface area contributed by atoms with E-state index in [1.165, 1.54) is 5.56 Å². The third-order valence-corrected chi connectivity index (χ3v) is 3.64. The third-order valence-electron chi connectivity index (χ3n) is 3.36. The van der Waals surface area contributed by atoms with Crippen LogP contribution in [0.5, 0.6) is 11.5 Å². The molecule has 1 N–H and O–H groups in total. The molecule has 0 fully saturated rings. The maximum absolute atomic E-state index is 6.28. The molecule has 0 aliphatic carbocycles. The Bertz CT molecular complexity index is 601. The van der Waals surface area contributed by atoms with Crippen molar-refractivity contribution in [3.63, 3.8) is 0 Å². The SMILES string of the molecule is Clc1cc(CNCc2ccccc2)cc2c1OCCCO2. The number of hydrogen-bond acceptors (Lipinski definition) is 3. The van der Waals surface area contributed by atoms with Gasteiger partial charge in [-0.05, 0) is 23.3 Å². The fourth-order valence-electron chi connectivity index (χ4n) is 2.33. The van der Waals surface area contributed by atoms with Crippen LogP contribution in [0.4, 0.5) is 0 Å². The summed E-state index contributed by atoms with van der Waals surface area (Å²) in [4.78, 5) is 0. The Morgan fingerprint density at radius 1 is 0.952 bits per heavy atom. The molecular formula is C17H18ClNO2. The molecule has 1 aliphatic rings. The van der Waals surface area contributed by atoms with E-state index in [1.54, 1.807) is 0 Å². The van der Waals surface area contributed by atoms with Gasteiger partial charge in [-0.2, -0.15) is 0 Å². The minimum Gasteiger partial charge on any atom is -0.489 e. The maximum atomic E-state index is 6.28. The van der Waals surface area contributed by atoms with E-state index in [2.05, 4.69) is 17.4 Å². The zero-order valence-corrected chi connectivity index (χ0v) is 12.5. The third kappa shape index (κ3) is 3.69. The molecule has 0 bridgehead atoms. The lowest BCUT2D eigenvalue weighted by atomic mass is 10.2. The lowest BCUT2D eigenvalue weighted by Crippen LogP contribution is -2.12. The van der Waals surface area contributed by atoms with Gasteiger partial charge in [0.25, 0.3) is 0 Å². The van der Waals surface area contributed by atoms with Gasteiger partial charge in [0.1, 0.15) is 0 Å². The molecule has 4 heteroatoms. The molecule has 1 heterocycles. The molecule has 0 spiro atoms. The van der Waals surface area contributed by atoms with Crippen LogP contribution in [-0.4, -0.2) is 13.2 Å². The summed E-state index contributed by atoms with van der Waals surface area (Å²) in [6.07, 6.45) is 0.882. The highest BCUT2D eigenvalue weighted by Crippen LogP contribution is 2.37. The van der Waals surface area contributed by atoms with Crippen molar-refractivity contribution in [2.45, 2.75) is 19.5 Å². The van der Waals surface area contributed by atoms with Crippen LogP contribution in [0.2, 0.25) is 5.02 Å². The number of hydrogen-bond donors (Lipinski definition) is 1. The molecule has 1 aliphatic heterocycles. The molecule has 0 radical (unpaired) electrons. The number of rotatable bonds is 4. The van der Waals surface area contributed by atoms with E-state index in [0.717, 1.165) is 30.8 Å².